The Morgan fingerprint density at radius 3 is 2.95 bits per heavy atom. The van der Waals surface area contributed by atoms with Gasteiger partial charge >= 0.3 is 0 Å². The molecule has 0 aliphatic heterocycles. The minimum absolute atomic E-state index is 0.426. The first-order valence-corrected chi connectivity index (χ1v) is 7.82. The average Bonchev–Trinajstić information content (AvgIpc) is 3.06. The number of thiazole rings is 1. The van der Waals surface area contributed by atoms with Crippen molar-refractivity contribution in [1.29, 1.82) is 0 Å². The van der Waals surface area contributed by atoms with E-state index in [-0.39, 0.29) is 0 Å². The van der Waals surface area contributed by atoms with Gasteiger partial charge in [0.2, 0.25) is 0 Å². The highest BCUT2D eigenvalue weighted by Crippen LogP contribution is 2.30. The van der Waals surface area contributed by atoms with Crippen molar-refractivity contribution in [2.45, 2.75) is 9.96 Å². The summed E-state index contributed by atoms with van der Waals surface area (Å²) in [6.07, 6.45) is 1.74. The van der Waals surface area contributed by atoms with Gasteiger partial charge in [-0.15, -0.1) is 11.8 Å². The van der Waals surface area contributed by atoms with Crippen LogP contribution in [-0.4, -0.2) is 15.1 Å². The first-order valence-electron chi connectivity index (χ1n) is 5.64. The van der Waals surface area contributed by atoms with Gasteiger partial charge in [-0.25, -0.2) is 4.98 Å². The quantitative estimate of drug-likeness (QED) is 0.737. The molecule has 2 N–H and O–H groups in total. The normalized spacial score (nSPS) is 10.8. The molecule has 0 atom stereocenters. The van der Waals surface area contributed by atoms with Crippen LogP contribution in [0, 0.1) is 0 Å². The van der Waals surface area contributed by atoms with Crippen molar-refractivity contribution >= 4 is 39.8 Å². The Morgan fingerprint density at radius 1 is 1.35 bits per heavy atom. The maximum Gasteiger partial charge on any atom is 0.259 e. The molecule has 5 nitrogen and oxygen atoms in total. The van der Waals surface area contributed by atoms with Gasteiger partial charge in [0.25, 0.3) is 5.89 Å². The molecular formula is C12H9ClN4OS2. The Bertz CT molecular complexity index is 728. The second kappa shape index (κ2) is 5.82. The molecule has 0 aliphatic carbocycles. The summed E-state index contributed by atoms with van der Waals surface area (Å²) in [6.45, 7) is 0. The summed E-state index contributed by atoms with van der Waals surface area (Å²) >= 11 is 9.09. The number of halogens is 1. The number of nitrogens with zero attached hydrogens (tertiary/aromatic N) is 3. The van der Waals surface area contributed by atoms with Gasteiger partial charge in [-0.1, -0.05) is 40.2 Å². The van der Waals surface area contributed by atoms with Crippen LogP contribution in [0.25, 0.3) is 11.5 Å². The summed E-state index contributed by atoms with van der Waals surface area (Å²) < 4.78 is 6.25. The summed E-state index contributed by atoms with van der Waals surface area (Å²) in [6, 6.07) is 7.36. The van der Waals surface area contributed by atoms with Crippen LogP contribution in [-0.2, 0) is 5.75 Å². The van der Waals surface area contributed by atoms with Crippen LogP contribution in [0.2, 0.25) is 5.02 Å². The maximum atomic E-state index is 6.09. The van der Waals surface area contributed by atoms with E-state index < -0.39 is 0 Å². The van der Waals surface area contributed by atoms with E-state index in [4.69, 9.17) is 21.9 Å². The summed E-state index contributed by atoms with van der Waals surface area (Å²) in [5, 5.41) is 5.08. The highest BCUT2D eigenvalue weighted by molar-refractivity contribution is 8.00. The standard InChI is InChI=1S/C12H9ClN4OS2/c13-8-4-2-1-3-7(8)11-16-9(17-18-11)6-19-10-5-15-12(14)20-10/h1-5H,6H2,(H2,14,15). The summed E-state index contributed by atoms with van der Waals surface area (Å²) in [7, 11) is 0. The van der Waals surface area contributed by atoms with Crippen molar-refractivity contribution in [2.75, 3.05) is 5.73 Å². The zero-order valence-corrected chi connectivity index (χ0v) is 12.5. The molecule has 0 aliphatic rings. The molecule has 2 aromatic heterocycles. The highest BCUT2D eigenvalue weighted by atomic mass is 35.5. The summed E-state index contributed by atoms with van der Waals surface area (Å²) in [5.41, 5.74) is 6.31. The Labute approximate surface area is 128 Å². The zero-order valence-electron chi connectivity index (χ0n) is 10.1. The van der Waals surface area contributed by atoms with Gasteiger partial charge in [0.05, 0.1) is 26.7 Å². The molecule has 0 radical (unpaired) electrons. The number of aromatic nitrogens is 3. The Hall–Kier alpha value is -1.57. The third-order valence-electron chi connectivity index (χ3n) is 2.42. The minimum Gasteiger partial charge on any atom is -0.375 e. The van der Waals surface area contributed by atoms with E-state index >= 15 is 0 Å². The molecule has 2 heterocycles. The fourth-order valence-corrected chi connectivity index (χ4v) is 3.35. The first kappa shape index (κ1) is 13.4. The molecule has 3 aromatic rings. The van der Waals surface area contributed by atoms with Crippen LogP contribution < -0.4 is 5.73 Å². The fourth-order valence-electron chi connectivity index (χ4n) is 1.53. The maximum absolute atomic E-state index is 6.09. The second-order valence-electron chi connectivity index (χ2n) is 3.80. The topological polar surface area (TPSA) is 77.8 Å². The van der Waals surface area contributed by atoms with E-state index in [0.29, 0.717) is 27.6 Å². The van der Waals surface area contributed by atoms with E-state index in [9.17, 15) is 0 Å². The predicted molar refractivity (Wildman–Crippen MR) is 80.8 cm³/mol. The van der Waals surface area contributed by atoms with Gasteiger partial charge in [-0.3, -0.25) is 0 Å². The van der Waals surface area contributed by atoms with Crippen molar-refractivity contribution in [3.63, 3.8) is 0 Å². The number of benzene rings is 1. The van der Waals surface area contributed by atoms with Crippen LogP contribution in [0.4, 0.5) is 5.13 Å². The second-order valence-corrected chi connectivity index (χ2v) is 6.55. The molecule has 0 amide bonds. The number of thioether (sulfide) groups is 1. The number of hydrogen-bond acceptors (Lipinski definition) is 7. The van der Waals surface area contributed by atoms with E-state index in [1.54, 1.807) is 24.0 Å². The molecular weight excluding hydrogens is 316 g/mol. The van der Waals surface area contributed by atoms with Gasteiger partial charge in [-0.05, 0) is 12.1 Å². The van der Waals surface area contributed by atoms with Gasteiger partial charge in [-0.2, -0.15) is 4.98 Å². The van der Waals surface area contributed by atoms with Crippen molar-refractivity contribution in [3.8, 4) is 11.5 Å². The van der Waals surface area contributed by atoms with E-state index in [0.717, 1.165) is 9.77 Å². The van der Waals surface area contributed by atoms with Crippen molar-refractivity contribution in [1.82, 2.24) is 15.1 Å². The Morgan fingerprint density at radius 2 is 2.20 bits per heavy atom. The lowest BCUT2D eigenvalue weighted by atomic mass is 10.2. The van der Waals surface area contributed by atoms with E-state index in [1.807, 2.05) is 18.2 Å². The van der Waals surface area contributed by atoms with Gasteiger partial charge in [0.1, 0.15) is 0 Å². The van der Waals surface area contributed by atoms with Crippen molar-refractivity contribution < 1.29 is 4.52 Å². The molecule has 1 aromatic carbocycles. The Balaban J connectivity index is 1.72. The van der Waals surface area contributed by atoms with Crippen LogP contribution in [0.15, 0.2) is 39.2 Å². The van der Waals surface area contributed by atoms with Crippen LogP contribution in [0.5, 0.6) is 0 Å². The van der Waals surface area contributed by atoms with E-state index in [2.05, 4.69) is 15.1 Å². The summed E-state index contributed by atoms with van der Waals surface area (Å²) in [5.74, 6) is 1.63. The molecule has 0 saturated carbocycles. The van der Waals surface area contributed by atoms with Gasteiger partial charge < -0.3 is 10.3 Å². The number of nitrogens with two attached hydrogens (primary N) is 1. The Kier molecular flexibility index (Phi) is 3.90. The average molecular weight is 325 g/mol. The molecule has 8 heteroatoms. The lowest BCUT2D eigenvalue weighted by molar-refractivity contribution is 0.425. The number of rotatable bonds is 4. The SMILES string of the molecule is Nc1ncc(SCc2noc(-c3ccccc3Cl)n2)s1. The molecule has 0 spiro atoms. The molecule has 0 fully saturated rings. The van der Waals surface area contributed by atoms with Crippen LogP contribution in [0.3, 0.4) is 0 Å². The van der Waals surface area contributed by atoms with Crippen molar-refractivity contribution in [3.05, 3.63) is 41.3 Å². The van der Waals surface area contributed by atoms with Crippen LogP contribution >= 0.6 is 34.7 Å². The van der Waals surface area contributed by atoms with E-state index in [1.165, 1.54) is 11.3 Å². The monoisotopic (exact) mass is 324 g/mol. The molecule has 0 saturated heterocycles. The van der Waals surface area contributed by atoms with Crippen molar-refractivity contribution in [2.24, 2.45) is 0 Å². The molecule has 3 rings (SSSR count). The lowest BCUT2D eigenvalue weighted by Crippen LogP contribution is -1.83. The largest absolute Gasteiger partial charge is 0.375 e. The number of hydrogen-bond donors (Lipinski definition) is 1. The third-order valence-corrected chi connectivity index (χ3v) is 4.76. The zero-order chi connectivity index (χ0) is 13.9. The number of anilines is 1. The molecule has 102 valence electrons. The highest BCUT2D eigenvalue weighted by Gasteiger charge is 2.12. The van der Waals surface area contributed by atoms with Crippen LogP contribution in [0.1, 0.15) is 5.82 Å². The smallest absolute Gasteiger partial charge is 0.259 e. The van der Waals surface area contributed by atoms with Gasteiger partial charge in [0.15, 0.2) is 11.0 Å². The number of nitrogen functional groups attached to an aromatic ring is 1. The molecule has 0 bridgehead atoms. The summed E-state index contributed by atoms with van der Waals surface area (Å²) in [4.78, 5) is 8.32. The van der Waals surface area contributed by atoms with Gasteiger partial charge in [0, 0.05) is 0 Å². The minimum atomic E-state index is 0.426. The third kappa shape index (κ3) is 2.95. The lowest BCUT2D eigenvalue weighted by Gasteiger charge is -1.95. The first-order chi connectivity index (χ1) is 9.72. The predicted octanol–water partition coefficient (Wildman–Crippen LogP) is 3.72. The fraction of sp³-hybridized carbons (Fsp3) is 0.0833. The molecule has 0 unspecified atom stereocenters. The molecule has 20 heavy (non-hydrogen) atoms.